The van der Waals surface area contributed by atoms with Crippen molar-refractivity contribution < 1.29 is 5.11 Å². The van der Waals surface area contributed by atoms with Gasteiger partial charge in [0, 0.05) is 30.4 Å². The molecule has 0 aromatic carbocycles. The summed E-state index contributed by atoms with van der Waals surface area (Å²) in [5, 5.41) is 18.6. The number of hydrogen-bond donors (Lipinski definition) is 1. The fraction of sp³-hybridized carbons (Fsp3) is 0.688. The lowest BCUT2D eigenvalue weighted by molar-refractivity contribution is 0.164. The molecule has 4 rings (SSSR count). The third-order valence-electron chi connectivity index (χ3n) is 5.23. The van der Waals surface area contributed by atoms with Crippen LogP contribution in [0.1, 0.15) is 54.8 Å². The second-order valence-electron chi connectivity index (χ2n) is 6.93. The monoisotopic (exact) mass is 348 g/mol. The van der Waals surface area contributed by atoms with Crippen molar-refractivity contribution in [1.82, 2.24) is 29.0 Å². The molecule has 0 aliphatic heterocycles. The molecule has 0 spiro atoms. The van der Waals surface area contributed by atoms with Gasteiger partial charge in [0.2, 0.25) is 0 Å². The van der Waals surface area contributed by atoms with E-state index in [1.165, 1.54) is 17.7 Å². The Bertz CT molecular complexity index is 802. The summed E-state index contributed by atoms with van der Waals surface area (Å²) < 4.78 is 6.59. The summed E-state index contributed by atoms with van der Waals surface area (Å²) in [7, 11) is 4.13. The Balaban J connectivity index is 1.59. The number of rotatable bonds is 5. The second-order valence-corrected chi connectivity index (χ2v) is 7.30. The summed E-state index contributed by atoms with van der Waals surface area (Å²) >= 11 is 5.61. The molecule has 0 radical (unpaired) electrons. The Hall–Kier alpha value is -1.51. The van der Waals surface area contributed by atoms with E-state index in [0.717, 1.165) is 30.5 Å². The van der Waals surface area contributed by atoms with Crippen molar-refractivity contribution in [2.24, 2.45) is 7.05 Å². The van der Waals surface area contributed by atoms with Gasteiger partial charge >= 0.3 is 0 Å². The van der Waals surface area contributed by atoms with Crippen molar-refractivity contribution in [3.63, 3.8) is 0 Å². The summed E-state index contributed by atoms with van der Waals surface area (Å²) in [6.45, 7) is 0.567. The lowest BCUT2D eigenvalue weighted by Gasteiger charge is -2.31. The van der Waals surface area contributed by atoms with Crippen molar-refractivity contribution in [1.29, 1.82) is 0 Å². The molecule has 1 unspecified atom stereocenters. The zero-order valence-corrected chi connectivity index (χ0v) is 15.0. The Morgan fingerprint density at radius 1 is 1.38 bits per heavy atom. The van der Waals surface area contributed by atoms with Gasteiger partial charge in [-0.3, -0.25) is 14.1 Å². The summed E-state index contributed by atoms with van der Waals surface area (Å²) in [5.74, 6) is 0.682. The van der Waals surface area contributed by atoms with Gasteiger partial charge in [0.15, 0.2) is 10.6 Å². The molecule has 1 N–H and O–H groups in total. The van der Waals surface area contributed by atoms with Gasteiger partial charge in [-0.15, -0.1) is 0 Å². The fourth-order valence-corrected chi connectivity index (χ4v) is 4.17. The number of aliphatic hydroxyl groups excluding tert-OH is 1. The molecule has 0 saturated heterocycles. The van der Waals surface area contributed by atoms with Crippen molar-refractivity contribution in [2.45, 2.75) is 57.5 Å². The molecule has 2 heterocycles. The first-order valence-electron chi connectivity index (χ1n) is 8.60. The molecule has 1 fully saturated rings. The van der Waals surface area contributed by atoms with Gasteiger partial charge in [-0.25, -0.2) is 4.68 Å². The molecule has 2 aliphatic rings. The molecule has 2 aliphatic carbocycles. The number of fused-ring (bicyclic) bond motifs is 1. The maximum atomic E-state index is 9.58. The van der Waals surface area contributed by atoms with E-state index in [1.807, 2.05) is 27.2 Å². The molecule has 0 amide bonds. The number of hydrogen-bond acceptors (Lipinski definition) is 5. The van der Waals surface area contributed by atoms with E-state index in [9.17, 15) is 5.11 Å². The third-order valence-corrected chi connectivity index (χ3v) is 5.64. The highest BCUT2D eigenvalue weighted by Gasteiger charge is 2.30. The van der Waals surface area contributed by atoms with Gasteiger partial charge in [-0.1, -0.05) is 0 Å². The normalized spacial score (nSPS) is 20.6. The largest absolute Gasteiger partial charge is 0.388 e. The molecular weight excluding hydrogens is 324 g/mol. The maximum Gasteiger partial charge on any atom is 0.199 e. The second kappa shape index (κ2) is 6.09. The van der Waals surface area contributed by atoms with Crippen molar-refractivity contribution in [2.75, 3.05) is 7.05 Å². The first kappa shape index (κ1) is 16.0. The summed E-state index contributed by atoms with van der Waals surface area (Å²) in [6, 6.07) is 0.770. The minimum absolute atomic E-state index is 0.0625. The molecule has 1 saturated carbocycles. The zero-order chi connectivity index (χ0) is 16.8. The van der Waals surface area contributed by atoms with E-state index in [1.54, 1.807) is 0 Å². The predicted molar refractivity (Wildman–Crippen MR) is 91.9 cm³/mol. The molecule has 8 heteroatoms. The van der Waals surface area contributed by atoms with E-state index in [2.05, 4.69) is 22.1 Å². The van der Waals surface area contributed by atoms with Gasteiger partial charge in [0.1, 0.15) is 6.61 Å². The van der Waals surface area contributed by atoms with E-state index in [0.29, 0.717) is 24.6 Å². The molecule has 24 heavy (non-hydrogen) atoms. The van der Waals surface area contributed by atoms with E-state index < -0.39 is 0 Å². The molecule has 1 atom stereocenters. The minimum atomic E-state index is -0.0625. The van der Waals surface area contributed by atoms with E-state index in [-0.39, 0.29) is 6.61 Å². The predicted octanol–water partition coefficient (Wildman–Crippen LogP) is 1.94. The molecule has 2 aromatic heterocycles. The molecule has 0 bridgehead atoms. The van der Waals surface area contributed by atoms with Crippen LogP contribution in [-0.4, -0.2) is 41.2 Å². The number of aromatic nitrogens is 5. The minimum Gasteiger partial charge on any atom is -0.388 e. The highest BCUT2D eigenvalue weighted by Crippen LogP contribution is 2.37. The van der Waals surface area contributed by atoms with Crippen molar-refractivity contribution in [3.05, 3.63) is 28.0 Å². The first-order valence-corrected chi connectivity index (χ1v) is 9.01. The van der Waals surface area contributed by atoms with Crippen molar-refractivity contribution in [3.8, 4) is 0 Å². The zero-order valence-electron chi connectivity index (χ0n) is 14.2. The number of aliphatic hydroxyl groups is 1. The van der Waals surface area contributed by atoms with Crippen LogP contribution in [0.5, 0.6) is 0 Å². The summed E-state index contributed by atoms with van der Waals surface area (Å²) in [6.07, 6.45) is 7.65. The highest BCUT2D eigenvalue weighted by molar-refractivity contribution is 7.71. The summed E-state index contributed by atoms with van der Waals surface area (Å²) in [5.41, 5.74) is 2.66. The third kappa shape index (κ3) is 2.62. The first-order chi connectivity index (χ1) is 11.6. The summed E-state index contributed by atoms with van der Waals surface area (Å²) in [4.78, 5) is 2.29. The quantitative estimate of drug-likeness (QED) is 0.837. The van der Waals surface area contributed by atoms with Crippen LogP contribution in [0.25, 0.3) is 0 Å². The lowest BCUT2D eigenvalue weighted by atomic mass is 9.92. The van der Waals surface area contributed by atoms with Crippen LogP contribution >= 0.6 is 12.2 Å². The van der Waals surface area contributed by atoms with Crippen LogP contribution in [0, 0.1) is 4.77 Å². The van der Waals surface area contributed by atoms with Crippen LogP contribution in [0.3, 0.4) is 0 Å². The molecular formula is C16H24N6OS. The standard InChI is InChI=1S/C16H24N6OS/c1-19(13-4-3-5-14-12(13)8-17-20(14)2)10-21-16(24)22(11-6-7-11)15(9-23)18-21/h8,11,13,23H,3-7,9-10H2,1-2H3. The molecule has 2 aromatic rings. The van der Waals surface area contributed by atoms with Crippen LogP contribution < -0.4 is 0 Å². The van der Waals surface area contributed by atoms with Crippen LogP contribution in [0.15, 0.2) is 6.20 Å². The van der Waals surface area contributed by atoms with Gasteiger partial charge in [-0.2, -0.15) is 10.2 Å². The van der Waals surface area contributed by atoms with Crippen LogP contribution in [-0.2, 0) is 26.7 Å². The molecule has 7 nitrogen and oxygen atoms in total. The van der Waals surface area contributed by atoms with Crippen LogP contribution in [0.2, 0.25) is 0 Å². The Morgan fingerprint density at radius 3 is 2.88 bits per heavy atom. The van der Waals surface area contributed by atoms with E-state index >= 15 is 0 Å². The number of aryl methyl sites for hydroxylation is 1. The number of nitrogens with zero attached hydrogens (tertiary/aromatic N) is 6. The average molecular weight is 348 g/mol. The van der Waals surface area contributed by atoms with Gasteiger partial charge in [0.25, 0.3) is 0 Å². The Kier molecular flexibility index (Phi) is 4.06. The fourth-order valence-electron chi connectivity index (χ4n) is 3.82. The Morgan fingerprint density at radius 2 is 2.17 bits per heavy atom. The SMILES string of the molecule is CN(Cn1nc(CO)n(C2CC2)c1=S)C1CCCc2c1cnn2C. The van der Waals surface area contributed by atoms with Crippen molar-refractivity contribution >= 4 is 12.2 Å². The Labute approximate surface area is 146 Å². The topological polar surface area (TPSA) is 64.0 Å². The van der Waals surface area contributed by atoms with Gasteiger partial charge < -0.3 is 5.11 Å². The van der Waals surface area contributed by atoms with Crippen LogP contribution in [0.4, 0.5) is 0 Å². The maximum absolute atomic E-state index is 9.58. The average Bonchev–Trinajstić information content (AvgIpc) is 3.28. The van der Waals surface area contributed by atoms with E-state index in [4.69, 9.17) is 12.2 Å². The van der Waals surface area contributed by atoms with Gasteiger partial charge in [-0.05, 0) is 51.4 Å². The molecule has 130 valence electrons. The highest BCUT2D eigenvalue weighted by atomic mass is 32.1. The smallest absolute Gasteiger partial charge is 0.199 e. The lowest BCUT2D eigenvalue weighted by Crippen LogP contribution is -2.30. The van der Waals surface area contributed by atoms with Gasteiger partial charge in [0.05, 0.1) is 12.9 Å².